The minimum atomic E-state index is -0.757. The van der Waals surface area contributed by atoms with Crippen LogP contribution < -0.4 is 10.00 Å². The van der Waals surface area contributed by atoms with Gasteiger partial charge < -0.3 is 10.4 Å². The van der Waals surface area contributed by atoms with Gasteiger partial charge in [-0.15, -0.1) is 4.68 Å². The van der Waals surface area contributed by atoms with E-state index in [1.807, 2.05) is 0 Å². The number of amides is 1. The van der Waals surface area contributed by atoms with Crippen molar-refractivity contribution in [2.45, 2.75) is 37.6 Å². The number of benzene rings is 2. The Kier molecular flexibility index (Phi) is 3.96. The summed E-state index contributed by atoms with van der Waals surface area (Å²) in [6, 6.07) is 11.7. The van der Waals surface area contributed by atoms with Crippen LogP contribution in [-0.2, 0) is 11.8 Å². The maximum Gasteiger partial charge on any atom is 0.309 e. The summed E-state index contributed by atoms with van der Waals surface area (Å²) >= 11 is 0. The van der Waals surface area contributed by atoms with E-state index in [1.165, 1.54) is 10.7 Å². The molecule has 2 N–H and O–H groups in total. The summed E-state index contributed by atoms with van der Waals surface area (Å²) in [6.45, 7) is 0. The van der Waals surface area contributed by atoms with Crippen LogP contribution in [-0.4, -0.2) is 32.4 Å². The van der Waals surface area contributed by atoms with Crippen molar-refractivity contribution < 1.29 is 23.8 Å². The minimum absolute atomic E-state index is 0.216. The third-order valence-electron chi connectivity index (χ3n) is 6.80. The lowest BCUT2D eigenvalue weighted by Crippen LogP contribution is -2.45. The van der Waals surface area contributed by atoms with E-state index >= 15 is 0 Å². The van der Waals surface area contributed by atoms with Gasteiger partial charge in [-0.05, 0) is 68.5 Å². The molecular formula is C22H22FN4O3+. The molecule has 0 radical (unpaired) electrons. The number of hydrogen-bond acceptors (Lipinski definition) is 3. The third kappa shape index (κ3) is 2.70. The zero-order valence-corrected chi connectivity index (χ0v) is 16.6. The molecule has 7 nitrogen and oxygen atoms in total. The highest BCUT2D eigenvalue weighted by Crippen LogP contribution is 2.56. The van der Waals surface area contributed by atoms with Crippen LogP contribution in [0.25, 0.3) is 16.7 Å². The summed E-state index contributed by atoms with van der Waals surface area (Å²) in [5.74, 6) is -1.34. The number of aryl methyl sites for hydroxylation is 1. The van der Waals surface area contributed by atoms with Crippen molar-refractivity contribution in [1.82, 2.24) is 15.2 Å². The molecule has 2 aliphatic carbocycles. The first-order valence-electron chi connectivity index (χ1n) is 10.0. The Bertz CT molecular complexity index is 1180. The molecule has 1 heterocycles. The van der Waals surface area contributed by atoms with Gasteiger partial charge >= 0.3 is 5.97 Å². The van der Waals surface area contributed by atoms with Crippen LogP contribution in [0.3, 0.4) is 0 Å². The van der Waals surface area contributed by atoms with Crippen molar-refractivity contribution in [3.8, 4) is 5.69 Å². The Morgan fingerprint density at radius 1 is 1.13 bits per heavy atom. The number of fused-ring (bicyclic) bond motifs is 3. The maximum absolute atomic E-state index is 14.4. The predicted octanol–water partition coefficient (Wildman–Crippen LogP) is 2.51. The SMILES string of the molecule is C[n+]1nn(-c2ccc(C(=O)NC34CCC(C(=O)O)(CC3)C4)cc2)c2c(F)cccc21. The second-order valence-electron chi connectivity index (χ2n) is 8.58. The predicted molar refractivity (Wildman–Crippen MR) is 106 cm³/mol. The van der Waals surface area contributed by atoms with Gasteiger partial charge in [-0.25, -0.2) is 4.39 Å². The maximum atomic E-state index is 14.4. The van der Waals surface area contributed by atoms with E-state index < -0.39 is 16.9 Å². The van der Waals surface area contributed by atoms with E-state index in [9.17, 15) is 19.1 Å². The molecule has 0 saturated heterocycles. The number of nitrogens with one attached hydrogen (secondary N) is 1. The number of aromatic nitrogens is 3. The minimum Gasteiger partial charge on any atom is -0.481 e. The largest absolute Gasteiger partial charge is 0.481 e. The quantitative estimate of drug-likeness (QED) is 0.648. The van der Waals surface area contributed by atoms with Gasteiger partial charge in [0.15, 0.2) is 11.5 Å². The van der Waals surface area contributed by atoms with Gasteiger partial charge in [0.2, 0.25) is 11.0 Å². The third-order valence-corrected chi connectivity index (χ3v) is 6.80. The van der Waals surface area contributed by atoms with E-state index in [4.69, 9.17) is 0 Å². The summed E-state index contributed by atoms with van der Waals surface area (Å²) in [7, 11) is 1.75. The second-order valence-corrected chi connectivity index (χ2v) is 8.58. The molecule has 2 aromatic carbocycles. The molecule has 2 fully saturated rings. The Hall–Kier alpha value is -3.29. The molecule has 8 heteroatoms. The Balaban J connectivity index is 1.39. The summed E-state index contributed by atoms with van der Waals surface area (Å²) < 4.78 is 17.5. The summed E-state index contributed by atoms with van der Waals surface area (Å²) in [4.78, 5) is 24.5. The van der Waals surface area contributed by atoms with E-state index in [-0.39, 0.29) is 11.7 Å². The number of carbonyl (C=O) groups is 2. The van der Waals surface area contributed by atoms with Crippen molar-refractivity contribution in [3.63, 3.8) is 0 Å². The molecule has 30 heavy (non-hydrogen) atoms. The fraction of sp³-hybridized carbons (Fsp3) is 0.364. The number of para-hydroxylation sites is 1. The molecule has 2 aliphatic rings. The monoisotopic (exact) mass is 409 g/mol. The zero-order chi connectivity index (χ0) is 21.1. The topological polar surface area (TPSA) is 88.1 Å². The smallest absolute Gasteiger partial charge is 0.309 e. The second kappa shape index (κ2) is 6.35. The van der Waals surface area contributed by atoms with Gasteiger partial charge in [0.1, 0.15) is 7.05 Å². The average molecular weight is 409 g/mol. The standard InChI is InChI=1S/C22H21FN4O3/c1-26-17-4-2-3-16(23)18(17)27(25-26)15-7-5-14(6-8-15)19(28)24-22-11-9-21(13-22,10-12-22)20(29)30/h2-8H,9-13H2,1H3,(H-,24,28,29,30)/p+1. The summed E-state index contributed by atoms with van der Waals surface area (Å²) in [5.41, 5.74) is 1.06. The molecule has 1 aromatic heterocycles. The van der Waals surface area contributed by atoms with Crippen molar-refractivity contribution in [2.24, 2.45) is 12.5 Å². The molecule has 0 spiro atoms. The number of carboxylic acids is 1. The van der Waals surface area contributed by atoms with Gasteiger partial charge in [-0.2, -0.15) is 0 Å². The Labute approximate surface area is 172 Å². The van der Waals surface area contributed by atoms with E-state index in [1.54, 1.807) is 48.1 Å². The first kappa shape index (κ1) is 18.7. The van der Waals surface area contributed by atoms with E-state index in [0.717, 1.165) is 0 Å². The lowest BCUT2D eigenvalue weighted by molar-refractivity contribution is -0.708. The van der Waals surface area contributed by atoms with Crippen LogP contribution >= 0.6 is 0 Å². The zero-order valence-electron chi connectivity index (χ0n) is 16.6. The van der Waals surface area contributed by atoms with Gasteiger partial charge in [0.25, 0.3) is 5.91 Å². The number of aliphatic carboxylic acids is 1. The normalized spacial score (nSPS) is 25.0. The van der Waals surface area contributed by atoms with Gasteiger partial charge in [0, 0.05) is 11.1 Å². The van der Waals surface area contributed by atoms with Crippen molar-refractivity contribution in [1.29, 1.82) is 0 Å². The van der Waals surface area contributed by atoms with Crippen LogP contribution in [0.5, 0.6) is 0 Å². The first-order chi connectivity index (χ1) is 14.3. The molecule has 3 aromatic rings. The lowest BCUT2D eigenvalue weighted by Gasteiger charge is -2.28. The van der Waals surface area contributed by atoms with Crippen LogP contribution in [0.4, 0.5) is 4.39 Å². The number of carbonyl (C=O) groups excluding carboxylic acids is 1. The van der Waals surface area contributed by atoms with Crippen molar-refractivity contribution in [2.75, 3.05) is 0 Å². The number of halogens is 1. The molecular weight excluding hydrogens is 387 g/mol. The molecule has 0 atom stereocenters. The number of carboxylic acid groups (broad SMARTS) is 1. The molecule has 0 aliphatic heterocycles. The average Bonchev–Trinajstić information content (AvgIpc) is 3.40. The fourth-order valence-electron chi connectivity index (χ4n) is 5.12. The van der Waals surface area contributed by atoms with Crippen LogP contribution in [0, 0.1) is 11.2 Å². The molecule has 2 saturated carbocycles. The van der Waals surface area contributed by atoms with E-state index in [0.29, 0.717) is 54.4 Å². The highest BCUT2D eigenvalue weighted by Gasteiger charge is 2.58. The van der Waals surface area contributed by atoms with Gasteiger partial charge in [-0.3, -0.25) is 9.59 Å². The highest BCUT2D eigenvalue weighted by molar-refractivity contribution is 5.95. The van der Waals surface area contributed by atoms with Crippen LogP contribution in [0.15, 0.2) is 42.5 Å². The first-order valence-corrected chi connectivity index (χ1v) is 10.0. The Morgan fingerprint density at radius 2 is 1.83 bits per heavy atom. The molecule has 154 valence electrons. The molecule has 0 unspecified atom stereocenters. The molecule has 5 rings (SSSR count). The van der Waals surface area contributed by atoms with Crippen molar-refractivity contribution in [3.05, 3.63) is 53.8 Å². The highest BCUT2D eigenvalue weighted by atomic mass is 19.1. The summed E-state index contributed by atoms with van der Waals surface area (Å²) in [6.07, 6.45) is 3.09. The number of nitrogens with zero attached hydrogens (tertiary/aromatic N) is 3. The van der Waals surface area contributed by atoms with Gasteiger partial charge in [-0.1, -0.05) is 10.7 Å². The molecule has 2 bridgehead atoms. The number of rotatable bonds is 4. The Morgan fingerprint density at radius 3 is 2.47 bits per heavy atom. The summed E-state index contributed by atoms with van der Waals surface area (Å²) in [5, 5.41) is 17.0. The number of hydrogen-bond donors (Lipinski definition) is 2. The lowest BCUT2D eigenvalue weighted by atomic mass is 9.84. The fourth-order valence-corrected chi connectivity index (χ4v) is 5.12. The van der Waals surface area contributed by atoms with Gasteiger partial charge in [0.05, 0.1) is 10.6 Å². The van der Waals surface area contributed by atoms with E-state index in [2.05, 4.69) is 10.5 Å². The van der Waals surface area contributed by atoms with Crippen LogP contribution in [0.2, 0.25) is 0 Å². The van der Waals surface area contributed by atoms with Crippen LogP contribution in [0.1, 0.15) is 42.5 Å². The van der Waals surface area contributed by atoms with Crippen molar-refractivity contribution >= 4 is 22.9 Å². The molecule has 1 amide bonds.